The summed E-state index contributed by atoms with van der Waals surface area (Å²) in [7, 11) is 2.19. The van der Waals surface area contributed by atoms with Gasteiger partial charge < -0.3 is 15.1 Å². The summed E-state index contributed by atoms with van der Waals surface area (Å²) in [5.74, 6) is 1.98. The number of hydrogen-bond acceptors (Lipinski definition) is 4. The molecule has 1 aromatic rings. The van der Waals surface area contributed by atoms with Crippen LogP contribution in [0.25, 0.3) is 0 Å². The second-order valence-electron chi connectivity index (χ2n) is 5.79. The van der Waals surface area contributed by atoms with Crippen molar-refractivity contribution in [1.82, 2.24) is 9.80 Å². The molecule has 3 unspecified atom stereocenters. The molecule has 1 aliphatic rings. The zero-order valence-corrected chi connectivity index (χ0v) is 12.6. The summed E-state index contributed by atoms with van der Waals surface area (Å²) in [6, 6.07) is 5.01. The molecule has 0 saturated carbocycles. The van der Waals surface area contributed by atoms with Crippen LogP contribution in [-0.2, 0) is 0 Å². The Labute approximate surface area is 116 Å². The number of piperazine rings is 1. The van der Waals surface area contributed by atoms with E-state index in [9.17, 15) is 0 Å². The highest BCUT2D eigenvalue weighted by atomic mass is 16.3. The lowest BCUT2D eigenvalue weighted by atomic mass is 10.00. The molecule has 4 nitrogen and oxygen atoms in total. The number of nitrogens with two attached hydrogens (primary N) is 1. The monoisotopic (exact) mass is 265 g/mol. The van der Waals surface area contributed by atoms with Gasteiger partial charge in [0.2, 0.25) is 0 Å². The van der Waals surface area contributed by atoms with Crippen molar-refractivity contribution in [2.45, 2.75) is 45.3 Å². The van der Waals surface area contributed by atoms with Crippen LogP contribution in [0.1, 0.15) is 37.8 Å². The zero-order chi connectivity index (χ0) is 14.0. The van der Waals surface area contributed by atoms with Crippen LogP contribution in [-0.4, -0.2) is 48.6 Å². The minimum Gasteiger partial charge on any atom is -0.465 e. The molecule has 19 heavy (non-hydrogen) atoms. The average Bonchev–Trinajstić information content (AvgIpc) is 2.80. The smallest absolute Gasteiger partial charge is 0.122 e. The number of aryl methyl sites for hydroxylation is 1. The Hall–Kier alpha value is -0.840. The first-order chi connectivity index (χ1) is 9.02. The summed E-state index contributed by atoms with van der Waals surface area (Å²) < 4.78 is 5.85. The first-order valence-electron chi connectivity index (χ1n) is 7.29. The van der Waals surface area contributed by atoms with E-state index in [1.54, 1.807) is 0 Å². The van der Waals surface area contributed by atoms with E-state index in [1.165, 1.54) is 0 Å². The summed E-state index contributed by atoms with van der Waals surface area (Å²) in [6.45, 7) is 9.60. The second-order valence-corrected chi connectivity index (χ2v) is 5.79. The van der Waals surface area contributed by atoms with Crippen molar-refractivity contribution < 1.29 is 4.42 Å². The van der Waals surface area contributed by atoms with E-state index in [-0.39, 0.29) is 12.1 Å². The maximum Gasteiger partial charge on any atom is 0.122 e. The van der Waals surface area contributed by atoms with Gasteiger partial charge in [-0.15, -0.1) is 0 Å². The normalized spacial score (nSPS) is 25.4. The lowest BCUT2D eigenvalue weighted by Gasteiger charge is -2.42. The van der Waals surface area contributed by atoms with Crippen molar-refractivity contribution in [1.29, 1.82) is 0 Å². The number of furan rings is 1. The molecule has 3 atom stereocenters. The highest BCUT2D eigenvalue weighted by molar-refractivity contribution is 5.12. The summed E-state index contributed by atoms with van der Waals surface area (Å²) in [5.41, 5.74) is 6.35. The lowest BCUT2D eigenvalue weighted by Crippen LogP contribution is -2.53. The molecule has 0 radical (unpaired) electrons. The minimum absolute atomic E-state index is 0.126. The summed E-state index contributed by atoms with van der Waals surface area (Å²) in [5, 5.41) is 0. The minimum atomic E-state index is 0.126. The molecule has 4 heteroatoms. The third kappa shape index (κ3) is 3.19. The maximum absolute atomic E-state index is 6.35. The fourth-order valence-corrected chi connectivity index (χ4v) is 2.83. The Balaban J connectivity index is 2.18. The van der Waals surface area contributed by atoms with Gasteiger partial charge in [-0.1, -0.05) is 6.92 Å². The van der Waals surface area contributed by atoms with Crippen molar-refractivity contribution in [2.75, 3.05) is 26.7 Å². The number of rotatable bonds is 4. The van der Waals surface area contributed by atoms with Crippen molar-refractivity contribution >= 4 is 0 Å². The van der Waals surface area contributed by atoms with Crippen LogP contribution < -0.4 is 5.73 Å². The predicted molar refractivity (Wildman–Crippen MR) is 78.1 cm³/mol. The van der Waals surface area contributed by atoms with Gasteiger partial charge in [0.05, 0.1) is 6.04 Å². The molecule has 2 heterocycles. The van der Waals surface area contributed by atoms with Gasteiger partial charge in [-0.25, -0.2) is 0 Å². The molecule has 0 spiro atoms. The van der Waals surface area contributed by atoms with Crippen LogP contribution in [0, 0.1) is 6.92 Å². The van der Waals surface area contributed by atoms with Gasteiger partial charge in [0.15, 0.2) is 0 Å². The van der Waals surface area contributed by atoms with E-state index >= 15 is 0 Å². The van der Waals surface area contributed by atoms with Crippen LogP contribution in [0.5, 0.6) is 0 Å². The van der Waals surface area contributed by atoms with Crippen molar-refractivity contribution in [3.05, 3.63) is 23.7 Å². The predicted octanol–water partition coefficient (Wildman–Crippen LogP) is 2.00. The Kier molecular flexibility index (Phi) is 4.66. The summed E-state index contributed by atoms with van der Waals surface area (Å²) in [6.07, 6.45) is 0.963. The van der Waals surface area contributed by atoms with Crippen molar-refractivity contribution in [3.8, 4) is 0 Å². The highest BCUT2D eigenvalue weighted by Gasteiger charge is 2.32. The van der Waals surface area contributed by atoms with Crippen LogP contribution in [0.2, 0.25) is 0 Å². The van der Waals surface area contributed by atoms with Gasteiger partial charge >= 0.3 is 0 Å². The molecular formula is C15H27N3O. The topological polar surface area (TPSA) is 45.6 Å². The number of likely N-dealkylation sites (N-methyl/N-ethyl adjacent to an activating group) is 1. The first kappa shape index (κ1) is 14.6. The van der Waals surface area contributed by atoms with E-state index in [1.807, 2.05) is 13.0 Å². The van der Waals surface area contributed by atoms with Crippen LogP contribution >= 0.6 is 0 Å². The summed E-state index contributed by atoms with van der Waals surface area (Å²) >= 11 is 0. The molecule has 0 aliphatic carbocycles. The van der Waals surface area contributed by atoms with E-state index in [2.05, 4.69) is 36.8 Å². The van der Waals surface area contributed by atoms with E-state index in [0.717, 1.165) is 37.6 Å². The fraction of sp³-hybridized carbons (Fsp3) is 0.733. The molecule has 0 aromatic carbocycles. The Morgan fingerprint density at radius 2 is 2.16 bits per heavy atom. The van der Waals surface area contributed by atoms with Gasteiger partial charge in [0.1, 0.15) is 11.5 Å². The van der Waals surface area contributed by atoms with Crippen LogP contribution in [0.3, 0.4) is 0 Å². The molecule has 2 rings (SSSR count). The number of nitrogens with zero attached hydrogens (tertiary/aromatic N) is 2. The maximum atomic E-state index is 6.35. The van der Waals surface area contributed by atoms with Gasteiger partial charge in [0, 0.05) is 31.7 Å². The lowest BCUT2D eigenvalue weighted by molar-refractivity contribution is 0.0524. The molecule has 108 valence electrons. The van der Waals surface area contributed by atoms with Gasteiger partial charge in [-0.2, -0.15) is 0 Å². The van der Waals surface area contributed by atoms with Gasteiger partial charge in [-0.3, -0.25) is 4.90 Å². The summed E-state index contributed by atoms with van der Waals surface area (Å²) in [4.78, 5) is 4.88. The largest absolute Gasteiger partial charge is 0.465 e. The zero-order valence-electron chi connectivity index (χ0n) is 12.6. The molecule has 0 bridgehead atoms. The molecule has 1 aliphatic heterocycles. The molecule has 1 aromatic heterocycles. The Morgan fingerprint density at radius 3 is 2.68 bits per heavy atom. The second kappa shape index (κ2) is 6.07. The van der Waals surface area contributed by atoms with Gasteiger partial charge in [0.25, 0.3) is 0 Å². The number of hydrogen-bond donors (Lipinski definition) is 1. The molecule has 1 saturated heterocycles. The molecule has 2 N–H and O–H groups in total. The average molecular weight is 265 g/mol. The Morgan fingerprint density at radius 1 is 1.42 bits per heavy atom. The molecule has 1 fully saturated rings. The standard InChI is InChI=1S/C15H27N3O/c1-5-13(16)15(14-7-6-12(3)19-14)18-9-8-17(4)11(2)10-18/h6-7,11,13,15H,5,8-10,16H2,1-4H3. The van der Waals surface area contributed by atoms with E-state index < -0.39 is 0 Å². The SMILES string of the molecule is CCC(N)C(c1ccc(C)o1)N1CCN(C)C(C)C1. The van der Waals surface area contributed by atoms with Crippen LogP contribution in [0.15, 0.2) is 16.5 Å². The van der Waals surface area contributed by atoms with E-state index in [0.29, 0.717) is 6.04 Å². The first-order valence-corrected chi connectivity index (χ1v) is 7.29. The van der Waals surface area contributed by atoms with Crippen molar-refractivity contribution in [3.63, 3.8) is 0 Å². The third-order valence-corrected chi connectivity index (χ3v) is 4.31. The van der Waals surface area contributed by atoms with Crippen LogP contribution in [0.4, 0.5) is 0 Å². The quantitative estimate of drug-likeness (QED) is 0.904. The van der Waals surface area contributed by atoms with E-state index in [4.69, 9.17) is 10.2 Å². The van der Waals surface area contributed by atoms with Gasteiger partial charge in [-0.05, 0) is 39.4 Å². The Bertz CT molecular complexity index is 404. The fourth-order valence-electron chi connectivity index (χ4n) is 2.83. The highest BCUT2D eigenvalue weighted by Crippen LogP contribution is 2.28. The molecule has 0 amide bonds. The molecular weight excluding hydrogens is 238 g/mol. The van der Waals surface area contributed by atoms with Crippen molar-refractivity contribution in [2.24, 2.45) is 5.73 Å². The third-order valence-electron chi connectivity index (χ3n) is 4.31.